The van der Waals surface area contributed by atoms with Crippen LogP contribution in [0.2, 0.25) is 5.02 Å². The Balaban J connectivity index is 1.53. The van der Waals surface area contributed by atoms with Gasteiger partial charge < -0.3 is 4.52 Å². The Labute approximate surface area is 171 Å². The normalized spacial score (nSPS) is 27.2. The van der Waals surface area contributed by atoms with E-state index in [9.17, 15) is 0 Å². The van der Waals surface area contributed by atoms with E-state index in [1.165, 1.54) is 24.0 Å². The first-order chi connectivity index (χ1) is 13.6. The Morgan fingerprint density at radius 2 is 1.79 bits per heavy atom. The molecule has 144 valence electrons. The zero-order chi connectivity index (χ0) is 19.3. The van der Waals surface area contributed by atoms with E-state index in [0.717, 1.165) is 28.5 Å². The third-order valence-corrected chi connectivity index (χ3v) is 7.02. The van der Waals surface area contributed by atoms with E-state index in [4.69, 9.17) is 16.1 Å². The van der Waals surface area contributed by atoms with Crippen molar-refractivity contribution in [1.82, 2.24) is 10.1 Å². The van der Waals surface area contributed by atoms with E-state index in [1.807, 2.05) is 12.1 Å². The van der Waals surface area contributed by atoms with Gasteiger partial charge in [-0.25, -0.2) is 0 Å². The molecule has 0 N–H and O–H groups in total. The maximum Gasteiger partial charge on any atom is 0.142 e. The highest BCUT2D eigenvalue weighted by molar-refractivity contribution is 6.30. The van der Waals surface area contributed by atoms with Crippen LogP contribution in [-0.4, -0.2) is 29.2 Å². The minimum Gasteiger partial charge on any atom is -0.360 e. The first-order valence-corrected chi connectivity index (χ1v) is 10.5. The molecule has 2 aromatic carbocycles. The number of aromatic nitrogens is 1. The second kappa shape index (κ2) is 7.06. The number of aryl methyl sites for hydroxylation is 1. The summed E-state index contributed by atoms with van der Waals surface area (Å²) in [5.74, 6) is 1.76. The molecule has 5 rings (SSSR count). The molecule has 2 aliphatic heterocycles. The minimum absolute atomic E-state index is 0.316. The quantitative estimate of drug-likeness (QED) is 0.544. The smallest absolute Gasteiger partial charge is 0.142 e. The molecule has 2 saturated heterocycles. The largest absolute Gasteiger partial charge is 0.360 e. The summed E-state index contributed by atoms with van der Waals surface area (Å²) < 4.78 is 5.96. The summed E-state index contributed by atoms with van der Waals surface area (Å²) in [5.41, 5.74) is 4.64. The molecule has 0 spiro atoms. The molecule has 2 aliphatic rings. The van der Waals surface area contributed by atoms with Crippen LogP contribution >= 0.6 is 11.6 Å². The highest BCUT2D eigenvalue weighted by Gasteiger charge is 2.48. The summed E-state index contributed by atoms with van der Waals surface area (Å²) in [6.07, 6.45) is 3.64. The van der Waals surface area contributed by atoms with Gasteiger partial charge in [-0.3, -0.25) is 4.90 Å². The van der Waals surface area contributed by atoms with Crippen LogP contribution in [-0.2, 0) is 0 Å². The zero-order valence-electron chi connectivity index (χ0n) is 16.3. The molecule has 0 saturated carbocycles. The Kier molecular flexibility index (Phi) is 4.53. The van der Waals surface area contributed by atoms with Crippen molar-refractivity contribution in [2.45, 2.75) is 50.1 Å². The molecule has 3 heterocycles. The van der Waals surface area contributed by atoms with Crippen LogP contribution in [0.3, 0.4) is 0 Å². The lowest BCUT2D eigenvalue weighted by Crippen LogP contribution is -2.44. The molecule has 0 radical (unpaired) electrons. The summed E-state index contributed by atoms with van der Waals surface area (Å²) in [7, 11) is 2.27. The number of benzene rings is 2. The van der Waals surface area contributed by atoms with Crippen molar-refractivity contribution in [3.8, 4) is 11.3 Å². The molecule has 4 atom stereocenters. The van der Waals surface area contributed by atoms with Crippen LogP contribution < -0.4 is 0 Å². The van der Waals surface area contributed by atoms with Gasteiger partial charge >= 0.3 is 0 Å². The third-order valence-electron chi connectivity index (χ3n) is 6.77. The molecule has 2 bridgehead atoms. The molecule has 4 heteroatoms. The van der Waals surface area contributed by atoms with Gasteiger partial charge in [-0.2, -0.15) is 0 Å². The predicted molar refractivity (Wildman–Crippen MR) is 113 cm³/mol. The van der Waals surface area contributed by atoms with Gasteiger partial charge in [0.05, 0.1) is 0 Å². The number of likely N-dealkylation sites (N-methyl/N-ethyl adjacent to an activating group) is 1. The lowest BCUT2D eigenvalue weighted by molar-refractivity contribution is 0.122. The van der Waals surface area contributed by atoms with Crippen LogP contribution in [0.25, 0.3) is 11.3 Å². The Hall–Kier alpha value is -2.10. The fourth-order valence-corrected chi connectivity index (χ4v) is 5.34. The molecule has 2 fully saturated rings. The van der Waals surface area contributed by atoms with E-state index in [-0.39, 0.29) is 0 Å². The Bertz CT molecular complexity index is 963. The summed E-state index contributed by atoms with van der Waals surface area (Å²) in [5, 5.41) is 5.22. The number of hydrogen-bond donors (Lipinski definition) is 0. The van der Waals surface area contributed by atoms with Crippen molar-refractivity contribution in [2.75, 3.05) is 7.05 Å². The summed E-state index contributed by atoms with van der Waals surface area (Å²) in [6.45, 7) is 2.10. The summed E-state index contributed by atoms with van der Waals surface area (Å²) >= 11 is 6.14. The lowest BCUT2D eigenvalue weighted by Gasteiger charge is -2.42. The number of hydrogen-bond acceptors (Lipinski definition) is 3. The number of halogens is 1. The third kappa shape index (κ3) is 3.07. The predicted octanol–water partition coefficient (Wildman–Crippen LogP) is 6.04. The second-order valence-corrected chi connectivity index (χ2v) is 8.80. The van der Waals surface area contributed by atoms with Crippen molar-refractivity contribution >= 4 is 11.6 Å². The monoisotopic (exact) mass is 392 g/mol. The number of nitrogens with zero attached hydrogens (tertiary/aromatic N) is 2. The van der Waals surface area contributed by atoms with Crippen LogP contribution in [0.5, 0.6) is 0 Å². The Morgan fingerprint density at radius 3 is 2.54 bits per heavy atom. The fraction of sp³-hybridized carbons (Fsp3) is 0.375. The average molecular weight is 393 g/mol. The molecule has 28 heavy (non-hydrogen) atoms. The molecule has 3 aromatic rings. The standard InChI is InChI=1S/C24H25ClN2O/c1-15-3-5-17(6-4-15)21-14-23(28-26-21)24-20(16-7-9-18(25)10-8-16)13-19-11-12-22(24)27(19)2/h3-10,14,19-20,22,24H,11-13H2,1-2H3/t19?,20-,22?,24+/m1/s1. The molecule has 1 aromatic heterocycles. The maximum atomic E-state index is 6.14. The van der Waals surface area contributed by atoms with Gasteiger partial charge in [0.2, 0.25) is 0 Å². The summed E-state index contributed by atoms with van der Waals surface area (Å²) in [6, 6.07) is 20.2. The van der Waals surface area contributed by atoms with Gasteiger partial charge in [-0.1, -0.05) is 58.7 Å². The molecule has 0 aliphatic carbocycles. The van der Waals surface area contributed by atoms with E-state index < -0.39 is 0 Å². The molecular formula is C24H25ClN2O. The lowest BCUT2D eigenvalue weighted by atomic mass is 9.75. The SMILES string of the molecule is Cc1ccc(-c2cc([C@@H]3C4CCC(C[C@@H]3c3ccc(Cl)cc3)N4C)on2)cc1. The molecular weight excluding hydrogens is 368 g/mol. The van der Waals surface area contributed by atoms with E-state index in [1.54, 1.807) is 0 Å². The van der Waals surface area contributed by atoms with Gasteiger partial charge in [-0.05, 0) is 56.8 Å². The van der Waals surface area contributed by atoms with Crippen molar-refractivity contribution in [1.29, 1.82) is 0 Å². The second-order valence-electron chi connectivity index (χ2n) is 8.36. The topological polar surface area (TPSA) is 29.3 Å². The highest BCUT2D eigenvalue weighted by Crippen LogP contribution is 2.51. The van der Waals surface area contributed by atoms with Gasteiger partial charge in [0.25, 0.3) is 0 Å². The number of rotatable bonds is 3. The summed E-state index contributed by atoms with van der Waals surface area (Å²) in [4.78, 5) is 2.56. The van der Waals surface area contributed by atoms with E-state index in [0.29, 0.717) is 23.9 Å². The van der Waals surface area contributed by atoms with Gasteiger partial charge in [0, 0.05) is 34.7 Å². The molecule has 3 nitrogen and oxygen atoms in total. The Morgan fingerprint density at radius 1 is 1.04 bits per heavy atom. The number of piperidine rings is 1. The first-order valence-electron chi connectivity index (χ1n) is 10.1. The van der Waals surface area contributed by atoms with Crippen LogP contribution in [0.4, 0.5) is 0 Å². The highest BCUT2D eigenvalue weighted by atomic mass is 35.5. The van der Waals surface area contributed by atoms with Crippen molar-refractivity contribution < 1.29 is 4.52 Å². The van der Waals surface area contributed by atoms with Crippen molar-refractivity contribution in [3.63, 3.8) is 0 Å². The maximum absolute atomic E-state index is 6.14. The fourth-order valence-electron chi connectivity index (χ4n) is 5.21. The minimum atomic E-state index is 0.316. The van der Waals surface area contributed by atoms with Crippen LogP contribution in [0.15, 0.2) is 59.1 Å². The molecule has 0 amide bonds. The van der Waals surface area contributed by atoms with Gasteiger partial charge in [0.15, 0.2) is 0 Å². The van der Waals surface area contributed by atoms with E-state index in [2.05, 4.69) is 66.5 Å². The van der Waals surface area contributed by atoms with Crippen LogP contribution in [0, 0.1) is 6.92 Å². The van der Waals surface area contributed by atoms with E-state index >= 15 is 0 Å². The van der Waals surface area contributed by atoms with Crippen LogP contribution in [0.1, 0.15) is 48.0 Å². The first kappa shape index (κ1) is 18.0. The van der Waals surface area contributed by atoms with Gasteiger partial charge in [0.1, 0.15) is 11.5 Å². The number of fused-ring (bicyclic) bond motifs is 2. The average Bonchev–Trinajstić information content (AvgIpc) is 3.26. The van der Waals surface area contributed by atoms with Gasteiger partial charge in [-0.15, -0.1) is 0 Å². The van der Waals surface area contributed by atoms with Crippen molar-refractivity contribution in [3.05, 3.63) is 76.5 Å². The van der Waals surface area contributed by atoms with Crippen molar-refractivity contribution in [2.24, 2.45) is 0 Å². The zero-order valence-corrected chi connectivity index (χ0v) is 17.1. The molecule has 2 unspecified atom stereocenters.